The molecule has 0 saturated heterocycles. The van der Waals surface area contributed by atoms with Crippen molar-refractivity contribution in [2.24, 2.45) is 0 Å². The van der Waals surface area contributed by atoms with Crippen molar-refractivity contribution in [3.8, 4) is 0 Å². The zero-order chi connectivity index (χ0) is 29.9. The third-order valence-corrected chi connectivity index (χ3v) is 4.95. The SMILES string of the molecule is C[N+](C)(C)C.C[N+](C)(C)C.[O-]B([O-])OCCCC(c1ccccc1F)(c1ccccc1F)c1ccccc1F. The molecule has 39 heavy (non-hydrogen) atoms. The molecular formula is C30H42BF3N2O3. The van der Waals surface area contributed by atoms with Gasteiger partial charge in [0, 0.05) is 23.3 Å². The van der Waals surface area contributed by atoms with Gasteiger partial charge in [-0.1, -0.05) is 54.6 Å². The van der Waals surface area contributed by atoms with E-state index in [2.05, 4.69) is 61.0 Å². The summed E-state index contributed by atoms with van der Waals surface area (Å²) in [6.45, 7) is -0.212. The van der Waals surface area contributed by atoms with Crippen LogP contribution in [0.25, 0.3) is 0 Å². The molecule has 0 N–H and O–H groups in total. The van der Waals surface area contributed by atoms with Crippen molar-refractivity contribution in [2.75, 3.05) is 63.0 Å². The Morgan fingerprint density at radius 1 is 0.615 bits per heavy atom. The van der Waals surface area contributed by atoms with Crippen LogP contribution in [0.4, 0.5) is 13.2 Å². The Bertz CT molecular complexity index is 1010. The van der Waals surface area contributed by atoms with Gasteiger partial charge in [0.25, 0.3) is 0 Å². The van der Waals surface area contributed by atoms with Gasteiger partial charge in [0.1, 0.15) is 17.5 Å². The Hall–Kier alpha value is -2.69. The van der Waals surface area contributed by atoms with Gasteiger partial charge in [-0.05, 0) is 31.0 Å². The summed E-state index contributed by atoms with van der Waals surface area (Å²) in [4.78, 5) is 0. The van der Waals surface area contributed by atoms with Gasteiger partial charge in [-0.3, -0.25) is 0 Å². The highest BCUT2D eigenvalue weighted by Gasteiger charge is 2.41. The van der Waals surface area contributed by atoms with Crippen LogP contribution in [0.5, 0.6) is 0 Å². The number of hydrogen-bond donors (Lipinski definition) is 0. The van der Waals surface area contributed by atoms with E-state index in [1.807, 2.05) is 0 Å². The Kier molecular flexibility index (Phi) is 13.4. The minimum atomic E-state index is -2.46. The molecule has 3 aromatic rings. The maximum atomic E-state index is 15.0. The van der Waals surface area contributed by atoms with E-state index in [0.29, 0.717) is 0 Å². The summed E-state index contributed by atoms with van der Waals surface area (Å²) in [7, 11) is 14.5. The molecule has 5 nitrogen and oxygen atoms in total. The number of quaternary nitrogens is 2. The van der Waals surface area contributed by atoms with Crippen LogP contribution in [0.1, 0.15) is 29.5 Å². The summed E-state index contributed by atoms with van der Waals surface area (Å²) in [6.07, 6.45) is 0.125. The van der Waals surface area contributed by atoms with E-state index in [9.17, 15) is 23.2 Å². The maximum Gasteiger partial charge on any atom is 0.127 e. The van der Waals surface area contributed by atoms with E-state index in [1.54, 1.807) is 18.2 Å². The summed E-state index contributed by atoms with van der Waals surface area (Å²) in [6, 6.07) is 17.4. The van der Waals surface area contributed by atoms with Gasteiger partial charge in [0.15, 0.2) is 0 Å². The molecule has 0 aliphatic heterocycles. The molecule has 0 aliphatic rings. The molecule has 3 rings (SSSR count). The van der Waals surface area contributed by atoms with Crippen LogP contribution in [0.3, 0.4) is 0 Å². The van der Waals surface area contributed by atoms with E-state index < -0.39 is 30.2 Å². The molecule has 0 fully saturated rings. The molecule has 214 valence electrons. The van der Waals surface area contributed by atoms with Crippen LogP contribution in [-0.2, 0) is 10.1 Å². The highest BCUT2D eigenvalue weighted by molar-refractivity contribution is 6.28. The fraction of sp³-hybridized carbons (Fsp3) is 0.400. The fourth-order valence-electron chi connectivity index (χ4n) is 3.78. The predicted molar refractivity (Wildman–Crippen MR) is 148 cm³/mol. The Labute approximate surface area is 232 Å². The molecule has 0 saturated carbocycles. The first-order valence-electron chi connectivity index (χ1n) is 12.7. The average molecular weight is 546 g/mol. The second kappa shape index (κ2) is 15.2. The molecule has 0 unspecified atom stereocenters. The summed E-state index contributed by atoms with van der Waals surface area (Å²) in [5.41, 5.74) is -1.24. The molecule has 3 aromatic carbocycles. The molecule has 9 heteroatoms. The topological polar surface area (TPSA) is 55.3 Å². The number of nitrogens with zero attached hydrogens (tertiary/aromatic N) is 2. The summed E-state index contributed by atoms with van der Waals surface area (Å²) in [5.74, 6) is -1.86. The van der Waals surface area contributed by atoms with Crippen molar-refractivity contribution in [3.63, 3.8) is 0 Å². The zero-order valence-electron chi connectivity index (χ0n) is 24.4. The van der Waals surface area contributed by atoms with Crippen LogP contribution in [0.2, 0.25) is 0 Å². The quantitative estimate of drug-likeness (QED) is 0.188. The van der Waals surface area contributed by atoms with Crippen LogP contribution < -0.4 is 10.0 Å². The summed E-state index contributed by atoms with van der Waals surface area (Å²) in [5, 5.41) is 21.3. The van der Waals surface area contributed by atoms with Crippen LogP contribution in [-0.4, -0.2) is 79.3 Å². The lowest BCUT2D eigenvalue weighted by molar-refractivity contribution is -0.849. The van der Waals surface area contributed by atoms with Gasteiger partial charge in [-0.15, -0.1) is 0 Å². The van der Waals surface area contributed by atoms with Crippen molar-refractivity contribution in [3.05, 3.63) is 107 Å². The Balaban J connectivity index is 0.000000650. The molecule has 0 heterocycles. The van der Waals surface area contributed by atoms with Gasteiger partial charge >= 0.3 is 0 Å². The molecule has 0 aliphatic carbocycles. The van der Waals surface area contributed by atoms with E-state index in [1.165, 1.54) is 54.6 Å². The van der Waals surface area contributed by atoms with Gasteiger partial charge in [-0.25, -0.2) is 13.2 Å². The van der Waals surface area contributed by atoms with Crippen molar-refractivity contribution < 1.29 is 36.8 Å². The predicted octanol–water partition coefficient (Wildman–Crippen LogP) is 3.59. The molecule has 0 amide bonds. The van der Waals surface area contributed by atoms with E-state index in [-0.39, 0.29) is 36.1 Å². The first-order valence-corrected chi connectivity index (χ1v) is 12.7. The minimum absolute atomic E-state index is 0.0164. The summed E-state index contributed by atoms with van der Waals surface area (Å²) >= 11 is 0. The second-order valence-corrected chi connectivity index (χ2v) is 12.0. The van der Waals surface area contributed by atoms with E-state index in [4.69, 9.17) is 0 Å². The molecule has 0 aromatic heterocycles. The van der Waals surface area contributed by atoms with E-state index >= 15 is 0 Å². The molecule has 0 atom stereocenters. The lowest BCUT2D eigenvalue weighted by Gasteiger charge is -2.37. The third-order valence-electron chi connectivity index (χ3n) is 4.95. The lowest BCUT2D eigenvalue weighted by atomic mass is 9.66. The van der Waals surface area contributed by atoms with Crippen LogP contribution in [0.15, 0.2) is 72.8 Å². The monoisotopic (exact) mass is 546 g/mol. The molecular weight excluding hydrogens is 504 g/mol. The summed E-state index contributed by atoms with van der Waals surface area (Å²) < 4.78 is 51.5. The largest absolute Gasteiger partial charge is 0.871 e. The smallest absolute Gasteiger partial charge is 0.127 e. The van der Waals surface area contributed by atoms with Gasteiger partial charge in [0.2, 0.25) is 0 Å². The van der Waals surface area contributed by atoms with Crippen molar-refractivity contribution >= 4 is 7.32 Å². The minimum Gasteiger partial charge on any atom is -0.871 e. The Morgan fingerprint density at radius 2 is 0.897 bits per heavy atom. The van der Waals surface area contributed by atoms with Crippen molar-refractivity contribution in [2.45, 2.75) is 18.3 Å². The molecule has 0 radical (unpaired) electrons. The fourth-order valence-corrected chi connectivity index (χ4v) is 3.78. The number of halogens is 3. The number of hydrogen-bond acceptors (Lipinski definition) is 3. The molecule has 0 bridgehead atoms. The standard InChI is InChI=1S/C22H18BF3O3.2C4H12N/c24-19-11-4-1-8-16(19)22(14-7-15-29-23(27)28,17-9-2-5-12-20(17)25)18-10-3-6-13-21(18)26;2*1-5(2,3)4/h1-6,8-13H,7,14-15H2;2*1-4H3/q-2;2*+1. The third kappa shape index (κ3) is 12.4. The van der Waals surface area contributed by atoms with Crippen LogP contribution in [0, 0.1) is 17.5 Å². The van der Waals surface area contributed by atoms with E-state index in [0.717, 1.165) is 8.97 Å². The Morgan fingerprint density at radius 3 is 1.15 bits per heavy atom. The van der Waals surface area contributed by atoms with Gasteiger partial charge in [-0.2, -0.15) is 0 Å². The first-order chi connectivity index (χ1) is 18.0. The van der Waals surface area contributed by atoms with Gasteiger partial charge in [0.05, 0.1) is 69.1 Å². The van der Waals surface area contributed by atoms with Crippen LogP contribution >= 0.6 is 0 Å². The number of benzene rings is 3. The average Bonchev–Trinajstić information content (AvgIpc) is 2.79. The molecule has 0 spiro atoms. The zero-order valence-corrected chi connectivity index (χ0v) is 24.4. The number of rotatable bonds is 8. The highest BCUT2D eigenvalue weighted by Crippen LogP contribution is 2.46. The van der Waals surface area contributed by atoms with Crippen molar-refractivity contribution in [1.29, 1.82) is 0 Å². The van der Waals surface area contributed by atoms with Crippen molar-refractivity contribution in [1.82, 2.24) is 0 Å². The second-order valence-electron chi connectivity index (χ2n) is 12.0. The highest BCUT2D eigenvalue weighted by atomic mass is 19.1. The van der Waals surface area contributed by atoms with Gasteiger partial charge < -0.3 is 23.7 Å². The first kappa shape index (κ1) is 34.3. The normalized spacial score (nSPS) is 11.6. The lowest BCUT2D eigenvalue weighted by Crippen LogP contribution is -2.48. The maximum absolute atomic E-state index is 15.0.